The summed E-state index contributed by atoms with van der Waals surface area (Å²) in [5.41, 5.74) is -0.00557. The molecule has 2 rings (SSSR count). The first-order valence-electron chi connectivity index (χ1n) is 6.78. The highest BCUT2D eigenvalue weighted by Gasteiger charge is 2.24. The van der Waals surface area contributed by atoms with Crippen LogP contribution in [0.4, 0.5) is 14.5 Å². The highest BCUT2D eigenvalue weighted by atomic mass is 79.9. The Bertz CT molecular complexity index is 497. The average molecular weight is 363 g/mol. The third kappa shape index (κ3) is 4.14. The molecule has 1 aliphatic heterocycles. The van der Waals surface area contributed by atoms with Crippen molar-refractivity contribution < 1.29 is 18.3 Å². The highest BCUT2D eigenvalue weighted by Crippen LogP contribution is 2.28. The van der Waals surface area contributed by atoms with Crippen molar-refractivity contribution >= 4 is 27.6 Å². The van der Waals surface area contributed by atoms with Crippen LogP contribution in [0.15, 0.2) is 16.6 Å². The second kappa shape index (κ2) is 7.17. The van der Waals surface area contributed by atoms with Gasteiger partial charge >= 0.3 is 5.97 Å². The van der Waals surface area contributed by atoms with Gasteiger partial charge in [-0.25, -0.2) is 8.78 Å². The summed E-state index contributed by atoms with van der Waals surface area (Å²) in [5.74, 6) is -1.44. The van der Waals surface area contributed by atoms with Crippen LogP contribution >= 0.6 is 15.9 Å². The second-order valence-electron chi connectivity index (χ2n) is 4.79. The fourth-order valence-electron chi connectivity index (χ4n) is 2.36. The summed E-state index contributed by atoms with van der Waals surface area (Å²) < 4.78 is 33.1. The molecule has 0 aliphatic carbocycles. The number of esters is 1. The normalized spacial score (nSPS) is 16.1. The van der Waals surface area contributed by atoms with Crippen LogP contribution in [0.3, 0.4) is 0 Å². The molecule has 1 aliphatic rings. The molecule has 0 radical (unpaired) electrons. The van der Waals surface area contributed by atoms with Crippen molar-refractivity contribution in [2.45, 2.75) is 6.92 Å². The van der Waals surface area contributed by atoms with Gasteiger partial charge in [0.15, 0.2) is 11.6 Å². The van der Waals surface area contributed by atoms with E-state index < -0.39 is 11.6 Å². The Hall–Kier alpha value is -1.21. The number of hydrogen-bond acceptors (Lipinski definition) is 4. The minimum Gasteiger partial charge on any atom is -0.465 e. The standard InChI is InChI=1S/C14H17BrF2N2O2/c1-2-21-13(20)9-18-3-5-19(6-4-18)14-11(16)7-10(15)8-12(14)17/h7-8H,2-6,9H2,1H3. The van der Waals surface area contributed by atoms with Crippen LogP contribution in [-0.2, 0) is 9.53 Å². The maximum Gasteiger partial charge on any atom is 0.320 e. The molecule has 0 amide bonds. The Morgan fingerprint density at radius 2 is 1.81 bits per heavy atom. The van der Waals surface area contributed by atoms with Crippen LogP contribution in [0, 0.1) is 11.6 Å². The van der Waals surface area contributed by atoms with E-state index in [4.69, 9.17) is 4.74 Å². The molecule has 4 nitrogen and oxygen atoms in total. The van der Waals surface area contributed by atoms with Crippen molar-refractivity contribution in [2.24, 2.45) is 0 Å². The first-order chi connectivity index (χ1) is 10.0. The van der Waals surface area contributed by atoms with Gasteiger partial charge < -0.3 is 9.64 Å². The largest absolute Gasteiger partial charge is 0.465 e. The van der Waals surface area contributed by atoms with Crippen LogP contribution in [0.5, 0.6) is 0 Å². The van der Waals surface area contributed by atoms with Crippen LogP contribution in [0.1, 0.15) is 6.92 Å². The van der Waals surface area contributed by atoms with E-state index in [2.05, 4.69) is 15.9 Å². The quantitative estimate of drug-likeness (QED) is 0.770. The van der Waals surface area contributed by atoms with Gasteiger partial charge in [0, 0.05) is 30.7 Å². The maximum absolute atomic E-state index is 13.9. The molecule has 21 heavy (non-hydrogen) atoms. The third-order valence-electron chi connectivity index (χ3n) is 3.33. The lowest BCUT2D eigenvalue weighted by atomic mass is 10.2. The fraction of sp³-hybridized carbons (Fsp3) is 0.500. The molecule has 1 fully saturated rings. The number of benzene rings is 1. The van der Waals surface area contributed by atoms with Crippen molar-refractivity contribution in [1.82, 2.24) is 4.90 Å². The monoisotopic (exact) mass is 362 g/mol. The number of nitrogens with zero attached hydrogens (tertiary/aromatic N) is 2. The molecule has 1 heterocycles. The Morgan fingerprint density at radius 1 is 1.24 bits per heavy atom. The van der Waals surface area contributed by atoms with Gasteiger partial charge in [-0.3, -0.25) is 9.69 Å². The van der Waals surface area contributed by atoms with Gasteiger partial charge in [0.25, 0.3) is 0 Å². The van der Waals surface area contributed by atoms with Gasteiger partial charge in [0.1, 0.15) is 5.69 Å². The number of halogens is 3. The van der Waals surface area contributed by atoms with Gasteiger partial charge in [0.2, 0.25) is 0 Å². The molecule has 0 unspecified atom stereocenters. The lowest BCUT2D eigenvalue weighted by molar-refractivity contribution is -0.144. The van der Waals surface area contributed by atoms with Crippen LogP contribution < -0.4 is 4.90 Å². The molecule has 116 valence electrons. The van der Waals surface area contributed by atoms with Crippen molar-refractivity contribution in [1.29, 1.82) is 0 Å². The zero-order valence-corrected chi connectivity index (χ0v) is 13.3. The molecule has 7 heteroatoms. The van der Waals surface area contributed by atoms with Crippen molar-refractivity contribution in [2.75, 3.05) is 44.2 Å². The van der Waals surface area contributed by atoms with Gasteiger partial charge in [-0.05, 0) is 19.1 Å². The van der Waals surface area contributed by atoms with E-state index in [1.165, 1.54) is 12.1 Å². The summed E-state index contributed by atoms with van der Waals surface area (Å²) in [5, 5.41) is 0. The van der Waals surface area contributed by atoms with E-state index in [0.717, 1.165) is 0 Å². The Morgan fingerprint density at radius 3 is 2.33 bits per heavy atom. The number of ether oxygens (including phenoxy) is 1. The lowest BCUT2D eigenvalue weighted by Gasteiger charge is -2.35. The smallest absolute Gasteiger partial charge is 0.320 e. The van der Waals surface area contributed by atoms with Gasteiger partial charge in [-0.1, -0.05) is 15.9 Å². The summed E-state index contributed by atoms with van der Waals surface area (Å²) >= 11 is 3.06. The van der Waals surface area contributed by atoms with Crippen LogP contribution in [0.2, 0.25) is 0 Å². The van der Waals surface area contributed by atoms with Gasteiger partial charge in [-0.15, -0.1) is 0 Å². The molecule has 0 bridgehead atoms. The Balaban J connectivity index is 1.97. The van der Waals surface area contributed by atoms with Gasteiger partial charge in [-0.2, -0.15) is 0 Å². The minimum absolute atomic E-state index is 0.00557. The second-order valence-corrected chi connectivity index (χ2v) is 5.70. The number of piperazine rings is 1. The predicted octanol–water partition coefficient (Wildman–Crippen LogP) is 2.41. The van der Waals surface area contributed by atoms with E-state index in [9.17, 15) is 13.6 Å². The molecular formula is C14H17BrF2N2O2. The number of carbonyl (C=O) groups is 1. The Labute approximate surface area is 130 Å². The maximum atomic E-state index is 13.9. The van der Waals surface area contributed by atoms with E-state index >= 15 is 0 Å². The molecular weight excluding hydrogens is 346 g/mol. The Kier molecular flexibility index (Phi) is 5.52. The molecule has 1 aromatic carbocycles. The summed E-state index contributed by atoms with van der Waals surface area (Å²) in [4.78, 5) is 15.0. The van der Waals surface area contributed by atoms with Crippen molar-refractivity contribution in [3.63, 3.8) is 0 Å². The minimum atomic E-state index is -0.583. The topological polar surface area (TPSA) is 32.8 Å². The van der Waals surface area contributed by atoms with Gasteiger partial charge in [0.05, 0.1) is 13.2 Å². The lowest BCUT2D eigenvalue weighted by Crippen LogP contribution is -2.48. The first kappa shape index (κ1) is 16.2. The number of rotatable bonds is 4. The summed E-state index contributed by atoms with van der Waals surface area (Å²) in [7, 11) is 0. The van der Waals surface area contributed by atoms with Crippen molar-refractivity contribution in [3.8, 4) is 0 Å². The van der Waals surface area contributed by atoms with Crippen molar-refractivity contribution in [3.05, 3.63) is 28.2 Å². The number of carbonyl (C=O) groups excluding carboxylic acids is 1. The zero-order chi connectivity index (χ0) is 15.4. The number of anilines is 1. The number of hydrogen-bond donors (Lipinski definition) is 0. The molecule has 0 spiro atoms. The SMILES string of the molecule is CCOC(=O)CN1CCN(c2c(F)cc(Br)cc2F)CC1. The summed E-state index contributed by atoms with van der Waals surface area (Å²) in [6.45, 7) is 4.39. The molecule has 0 N–H and O–H groups in total. The van der Waals surface area contributed by atoms with Crippen LogP contribution in [0.25, 0.3) is 0 Å². The van der Waals surface area contributed by atoms with E-state index in [-0.39, 0.29) is 18.2 Å². The molecule has 1 aromatic rings. The van der Waals surface area contributed by atoms with E-state index in [1.54, 1.807) is 11.8 Å². The van der Waals surface area contributed by atoms with Crippen LogP contribution in [-0.4, -0.2) is 50.2 Å². The molecule has 1 saturated heterocycles. The highest BCUT2D eigenvalue weighted by molar-refractivity contribution is 9.10. The predicted molar refractivity (Wildman–Crippen MR) is 79.3 cm³/mol. The average Bonchev–Trinajstić information content (AvgIpc) is 2.39. The molecule has 0 atom stereocenters. The first-order valence-corrected chi connectivity index (χ1v) is 7.58. The molecule has 0 saturated carbocycles. The van der Waals surface area contributed by atoms with E-state index in [1.807, 2.05) is 4.90 Å². The van der Waals surface area contributed by atoms with E-state index in [0.29, 0.717) is 37.3 Å². The zero-order valence-electron chi connectivity index (χ0n) is 11.7. The summed E-state index contributed by atoms with van der Waals surface area (Å²) in [6, 6.07) is 2.51. The molecule has 0 aromatic heterocycles. The summed E-state index contributed by atoms with van der Waals surface area (Å²) in [6.07, 6.45) is 0. The fourth-order valence-corrected chi connectivity index (χ4v) is 2.76. The third-order valence-corrected chi connectivity index (χ3v) is 3.79.